The third kappa shape index (κ3) is 4.08. The molecule has 0 saturated carbocycles. The number of unbranched alkanes of at least 4 members (excludes halogenated alkanes) is 1. The number of hydrogen-bond acceptors (Lipinski definition) is 4. The fourth-order valence-electron chi connectivity index (χ4n) is 4.71. The van der Waals surface area contributed by atoms with E-state index in [1.54, 1.807) is 12.1 Å². The van der Waals surface area contributed by atoms with Gasteiger partial charge in [-0.3, -0.25) is 10.1 Å². The van der Waals surface area contributed by atoms with Crippen molar-refractivity contribution < 1.29 is 9.50 Å². The summed E-state index contributed by atoms with van der Waals surface area (Å²) in [6.07, 6.45) is 4.53. The highest BCUT2D eigenvalue weighted by Gasteiger charge is 2.46. The zero-order chi connectivity index (χ0) is 22.9. The van der Waals surface area contributed by atoms with Crippen LogP contribution in [-0.4, -0.2) is 39.7 Å². The van der Waals surface area contributed by atoms with Gasteiger partial charge in [0.05, 0.1) is 20.6 Å². The summed E-state index contributed by atoms with van der Waals surface area (Å²) in [6, 6.07) is 16.0. The molecule has 2 aromatic carbocycles. The second kappa shape index (κ2) is 9.10. The van der Waals surface area contributed by atoms with Crippen molar-refractivity contribution in [2.45, 2.75) is 51.2 Å². The lowest BCUT2D eigenvalue weighted by Crippen LogP contribution is -2.29. The number of benzene rings is 2. The number of nitro benzene ring substituents is 1. The molecule has 4 rings (SSSR count). The molecule has 2 aliphatic rings. The Kier molecular flexibility index (Phi) is 6.42. The molecule has 32 heavy (non-hydrogen) atoms. The van der Waals surface area contributed by atoms with Gasteiger partial charge >= 0.3 is 0 Å². The van der Waals surface area contributed by atoms with Gasteiger partial charge in [0.15, 0.2) is 5.71 Å². The number of thioether (sulfide) groups is 1. The van der Waals surface area contributed by atoms with Crippen molar-refractivity contribution in [3.8, 4) is 0 Å². The summed E-state index contributed by atoms with van der Waals surface area (Å²) in [5.74, 6) is 0. The number of non-ortho nitro benzene ring substituents is 1. The minimum atomic E-state index is -0.299. The Morgan fingerprint density at radius 2 is 1.97 bits per heavy atom. The third-order valence-corrected chi connectivity index (χ3v) is 7.92. The summed E-state index contributed by atoms with van der Waals surface area (Å²) >= 11 is 1.93. The molecule has 0 bridgehead atoms. The van der Waals surface area contributed by atoms with Gasteiger partial charge in [0.1, 0.15) is 6.54 Å². The molecule has 2 heterocycles. The Balaban J connectivity index is 1.77. The second-order valence-corrected chi connectivity index (χ2v) is 10.2. The van der Waals surface area contributed by atoms with Crippen molar-refractivity contribution in [3.63, 3.8) is 0 Å². The topological polar surface area (TPSA) is 49.4 Å². The molecule has 1 fully saturated rings. The van der Waals surface area contributed by atoms with Crippen LogP contribution in [0.1, 0.15) is 56.9 Å². The maximum absolute atomic E-state index is 11.4. The Morgan fingerprint density at radius 1 is 1.22 bits per heavy atom. The van der Waals surface area contributed by atoms with Crippen molar-refractivity contribution in [2.75, 3.05) is 19.6 Å². The SMILES string of the molecule is CCCC[N+]1=C(/C=C2\SC(c3ccccc3)CN2CC)C(C)(C)c2cc([N+](=O)[O-])ccc21. The molecular weight excluding hydrogens is 418 g/mol. The number of rotatable bonds is 7. The van der Waals surface area contributed by atoms with Crippen LogP contribution >= 0.6 is 11.8 Å². The predicted octanol–water partition coefficient (Wildman–Crippen LogP) is 6.42. The van der Waals surface area contributed by atoms with Gasteiger partial charge in [-0.2, -0.15) is 4.58 Å². The Bertz CT molecular complexity index is 1080. The van der Waals surface area contributed by atoms with E-state index in [9.17, 15) is 10.1 Å². The Hall–Kier alpha value is -2.60. The van der Waals surface area contributed by atoms with Crippen molar-refractivity contribution in [1.29, 1.82) is 0 Å². The van der Waals surface area contributed by atoms with Gasteiger partial charge in [-0.25, -0.2) is 0 Å². The Labute approximate surface area is 195 Å². The van der Waals surface area contributed by atoms with E-state index in [0.717, 1.165) is 43.7 Å². The fourth-order valence-corrected chi connectivity index (χ4v) is 6.08. The molecular formula is C26H32N3O2S+. The van der Waals surface area contributed by atoms with Crippen LogP contribution in [0, 0.1) is 10.1 Å². The first-order chi connectivity index (χ1) is 15.4. The number of nitro groups is 1. The van der Waals surface area contributed by atoms with E-state index < -0.39 is 0 Å². The molecule has 0 spiro atoms. The number of likely N-dealkylation sites (N-methyl/N-ethyl adjacent to an activating group) is 1. The highest BCUT2D eigenvalue weighted by Crippen LogP contribution is 2.47. The first-order valence-corrected chi connectivity index (χ1v) is 12.4. The summed E-state index contributed by atoms with van der Waals surface area (Å²) in [6.45, 7) is 11.7. The molecule has 1 saturated heterocycles. The average Bonchev–Trinajstić information content (AvgIpc) is 3.30. The quantitative estimate of drug-likeness (QED) is 0.277. The van der Waals surface area contributed by atoms with Crippen LogP contribution in [0.4, 0.5) is 11.4 Å². The zero-order valence-corrected chi connectivity index (χ0v) is 20.2. The maximum Gasteiger partial charge on any atom is 0.270 e. The summed E-state index contributed by atoms with van der Waals surface area (Å²) in [7, 11) is 0. The van der Waals surface area contributed by atoms with Crippen LogP contribution in [0.15, 0.2) is 59.6 Å². The van der Waals surface area contributed by atoms with E-state index in [1.165, 1.54) is 16.3 Å². The minimum Gasteiger partial charge on any atom is -0.365 e. The zero-order valence-electron chi connectivity index (χ0n) is 19.4. The molecule has 0 aromatic heterocycles. The van der Waals surface area contributed by atoms with Crippen molar-refractivity contribution in [1.82, 2.24) is 4.90 Å². The van der Waals surface area contributed by atoms with Crippen molar-refractivity contribution >= 4 is 28.8 Å². The lowest BCUT2D eigenvalue weighted by atomic mass is 9.81. The molecule has 2 aliphatic heterocycles. The van der Waals surface area contributed by atoms with Crippen LogP contribution in [-0.2, 0) is 5.41 Å². The number of allylic oxidation sites excluding steroid dienone is 1. The summed E-state index contributed by atoms with van der Waals surface area (Å²) in [5.41, 5.74) is 4.60. The predicted molar refractivity (Wildman–Crippen MR) is 133 cm³/mol. The molecule has 0 amide bonds. The summed E-state index contributed by atoms with van der Waals surface area (Å²) in [5, 5.41) is 13.1. The molecule has 0 radical (unpaired) electrons. The minimum absolute atomic E-state index is 0.163. The highest BCUT2D eigenvalue weighted by molar-refractivity contribution is 8.03. The maximum atomic E-state index is 11.4. The summed E-state index contributed by atoms with van der Waals surface area (Å²) < 4.78 is 2.39. The monoisotopic (exact) mass is 450 g/mol. The van der Waals surface area contributed by atoms with Gasteiger partial charge in [0.2, 0.25) is 5.69 Å². The first-order valence-electron chi connectivity index (χ1n) is 11.5. The van der Waals surface area contributed by atoms with Gasteiger partial charge in [0.25, 0.3) is 5.69 Å². The van der Waals surface area contributed by atoms with Gasteiger partial charge in [0, 0.05) is 49.3 Å². The highest BCUT2D eigenvalue weighted by atomic mass is 32.2. The molecule has 2 aromatic rings. The van der Waals surface area contributed by atoms with Gasteiger partial charge in [-0.15, -0.1) is 0 Å². The third-order valence-electron chi connectivity index (χ3n) is 6.60. The molecule has 5 nitrogen and oxygen atoms in total. The number of fused-ring (bicyclic) bond motifs is 1. The van der Waals surface area contributed by atoms with Crippen LogP contribution in [0.2, 0.25) is 0 Å². The van der Waals surface area contributed by atoms with E-state index in [-0.39, 0.29) is 16.0 Å². The van der Waals surface area contributed by atoms with Crippen LogP contribution in [0.25, 0.3) is 0 Å². The van der Waals surface area contributed by atoms with Crippen LogP contribution in [0.3, 0.4) is 0 Å². The lowest BCUT2D eigenvalue weighted by Gasteiger charge is -2.19. The van der Waals surface area contributed by atoms with Crippen molar-refractivity contribution in [2.24, 2.45) is 0 Å². The van der Waals surface area contributed by atoms with E-state index >= 15 is 0 Å². The van der Waals surface area contributed by atoms with Gasteiger partial charge in [-0.05, 0) is 26.3 Å². The van der Waals surface area contributed by atoms with Crippen LogP contribution < -0.4 is 0 Å². The molecule has 1 unspecified atom stereocenters. The lowest BCUT2D eigenvalue weighted by molar-refractivity contribution is -0.438. The fraction of sp³-hybridized carbons (Fsp3) is 0.423. The van der Waals surface area contributed by atoms with Gasteiger partial charge < -0.3 is 4.90 Å². The standard InChI is InChI=1S/C26H32N3O2S/c1-5-7-15-28-22-14-13-20(29(30)31)16-21(22)26(3,4)24(28)17-25-27(6-2)18-23(32-25)19-11-9-8-10-12-19/h8-14,16-17,23H,5-7,15,18H2,1-4H3/q+1. The molecule has 0 N–H and O–H groups in total. The van der Waals surface area contributed by atoms with Gasteiger partial charge in [-0.1, -0.05) is 55.4 Å². The Morgan fingerprint density at radius 3 is 2.62 bits per heavy atom. The van der Waals surface area contributed by atoms with E-state index in [1.807, 2.05) is 17.8 Å². The normalized spacial score (nSPS) is 20.8. The molecule has 1 atom stereocenters. The molecule has 0 aliphatic carbocycles. The molecule has 168 valence electrons. The van der Waals surface area contributed by atoms with E-state index in [0.29, 0.717) is 5.25 Å². The van der Waals surface area contributed by atoms with Crippen molar-refractivity contribution in [3.05, 3.63) is 80.9 Å². The number of hydrogen-bond donors (Lipinski definition) is 0. The average molecular weight is 451 g/mol. The number of nitrogens with zero attached hydrogens (tertiary/aromatic N) is 3. The van der Waals surface area contributed by atoms with E-state index in [2.05, 4.69) is 73.6 Å². The molecule has 6 heteroatoms. The van der Waals surface area contributed by atoms with Crippen LogP contribution in [0.5, 0.6) is 0 Å². The largest absolute Gasteiger partial charge is 0.365 e. The summed E-state index contributed by atoms with van der Waals surface area (Å²) in [4.78, 5) is 13.6. The smallest absolute Gasteiger partial charge is 0.270 e. The second-order valence-electron chi connectivity index (χ2n) is 9.01. The van der Waals surface area contributed by atoms with E-state index in [4.69, 9.17) is 0 Å². The first kappa shape index (κ1) is 22.6.